The third kappa shape index (κ3) is 4.39. The first-order valence-corrected chi connectivity index (χ1v) is 12.8. The van der Waals surface area contributed by atoms with Gasteiger partial charge in [-0.3, -0.25) is 9.69 Å². The van der Waals surface area contributed by atoms with Crippen LogP contribution in [0.5, 0.6) is 0 Å². The van der Waals surface area contributed by atoms with E-state index in [2.05, 4.69) is 46.9 Å². The second-order valence-corrected chi connectivity index (χ2v) is 11.2. The van der Waals surface area contributed by atoms with Crippen LogP contribution in [0.2, 0.25) is 5.02 Å². The van der Waals surface area contributed by atoms with Crippen LogP contribution in [0.15, 0.2) is 24.4 Å². The highest BCUT2D eigenvalue weighted by atomic mass is 35.5. The van der Waals surface area contributed by atoms with Gasteiger partial charge in [0.2, 0.25) is 5.91 Å². The number of nitrogens with one attached hydrogen (secondary N) is 1. The van der Waals surface area contributed by atoms with Crippen LogP contribution in [0.1, 0.15) is 33.6 Å². The van der Waals surface area contributed by atoms with Gasteiger partial charge < -0.3 is 20.1 Å². The normalized spacial score (nSPS) is 30.1. The number of aliphatic hydroxyl groups excluding tert-OH is 1. The number of rotatable bonds is 5. The molecule has 3 heterocycles. The van der Waals surface area contributed by atoms with Crippen molar-refractivity contribution in [3.8, 4) is 0 Å². The average Bonchev–Trinajstić information content (AvgIpc) is 3.11. The maximum absolute atomic E-state index is 12.6. The predicted octanol–water partition coefficient (Wildman–Crippen LogP) is 3.78. The Morgan fingerprint density at radius 2 is 1.94 bits per heavy atom. The summed E-state index contributed by atoms with van der Waals surface area (Å²) in [6.45, 7) is 10.8. The topological polar surface area (TPSA) is 77.9 Å². The molecule has 2 atom stereocenters. The number of hydrogen-bond acceptors (Lipinski definition) is 6. The van der Waals surface area contributed by atoms with Crippen LogP contribution in [0, 0.1) is 17.8 Å². The van der Waals surface area contributed by atoms with Gasteiger partial charge in [-0.25, -0.2) is 4.98 Å². The SMILES string of the molecule is CC(C)C1CC(C(=O)Nc2cc3cc(N4CCN(C5(C)COCC5O)CC4)c(Cl)cc3cn2)C1. The second kappa shape index (κ2) is 9.26. The van der Waals surface area contributed by atoms with Gasteiger partial charge in [-0.1, -0.05) is 25.4 Å². The van der Waals surface area contributed by atoms with Crippen molar-refractivity contribution in [2.45, 2.75) is 45.3 Å². The number of benzene rings is 1. The van der Waals surface area contributed by atoms with E-state index in [1.165, 1.54) is 0 Å². The fourth-order valence-corrected chi connectivity index (χ4v) is 5.82. The first-order valence-electron chi connectivity index (χ1n) is 12.4. The molecule has 2 aromatic rings. The van der Waals surface area contributed by atoms with Gasteiger partial charge in [-0.15, -0.1) is 0 Å². The molecule has 2 aliphatic heterocycles. The summed E-state index contributed by atoms with van der Waals surface area (Å²) in [5, 5.41) is 16.1. The summed E-state index contributed by atoms with van der Waals surface area (Å²) in [5.41, 5.74) is 0.664. The molecule has 1 saturated carbocycles. The number of piperazine rings is 1. The molecule has 1 aromatic carbocycles. The number of amides is 1. The summed E-state index contributed by atoms with van der Waals surface area (Å²) < 4.78 is 5.52. The lowest BCUT2D eigenvalue weighted by Crippen LogP contribution is -2.60. The molecule has 7 nitrogen and oxygen atoms in total. The molecule has 184 valence electrons. The van der Waals surface area contributed by atoms with Crippen molar-refractivity contribution in [2.75, 3.05) is 49.6 Å². The quantitative estimate of drug-likeness (QED) is 0.669. The highest BCUT2D eigenvalue weighted by Gasteiger charge is 2.44. The Balaban J connectivity index is 1.27. The number of nitrogens with zero attached hydrogens (tertiary/aromatic N) is 3. The number of aromatic nitrogens is 1. The molecule has 5 rings (SSSR count). The number of ether oxygens (including phenoxy) is 1. The van der Waals surface area contributed by atoms with Crippen molar-refractivity contribution in [2.24, 2.45) is 17.8 Å². The van der Waals surface area contributed by atoms with Crippen molar-refractivity contribution in [3.05, 3.63) is 29.4 Å². The minimum atomic E-state index is -0.458. The molecule has 2 unspecified atom stereocenters. The summed E-state index contributed by atoms with van der Waals surface area (Å²) in [6.07, 6.45) is 3.25. The average molecular weight is 487 g/mol. The highest BCUT2D eigenvalue weighted by Crippen LogP contribution is 2.39. The Kier molecular flexibility index (Phi) is 6.48. The smallest absolute Gasteiger partial charge is 0.228 e. The third-order valence-electron chi connectivity index (χ3n) is 8.26. The zero-order valence-corrected chi connectivity index (χ0v) is 21.0. The minimum Gasteiger partial charge on any atom is -0.389 e. The molecule has 0 bridgehead atoms. The van der Waals surface area contributed by atoms with Gasteiger partial charge in [0, 0.05) is 43.7 Å². The number of halogens is 1. The molecule has 1 aromatic heterocycles. The fourth-order valence-electron chi connectivity index (χ4n) is 5.53. The first-order chi connectivity index (χ1) is 16.2. The highest BCUT2D eigenvalue weighted by molar-refractivity contribution is 6.34. The third-order valence-corrected chi connectivity index (χ3v) is 8.56. The largest absolute Gasteiger partial charge is 0.389 e. The number of hydrogen-bond donors (Lipinski definition) is 2. The van der Waals surface area contributed by atoms with Crippen LogP contribution in [0.3, 0.4) is 0 Å². The minimum absolute atomic E-state index is 0.0700. The van der Waals surface area contributed by atoms with Crippen LogP contribution in [0.4, 0.5) is 11.5 Å². The van der Waals surface area contributed by atoms with Gasteiger partial charge in [0.05, 0.1) is 35.6 Å². The summed E-state index contributed by atoms with van der Waals surface area (Å²) in [7, 11) is 0. The number of aliphatic hydroxyl groups is 1. The lowest BCUT2D eigenvalue weighted by Gasteiger charge is -2.45. The van der Waals surface area contributed by atoms with Crippen molar-refractivity contribution >= 4 is 39.8 Å². The Bertz CT molecular complexity index is 1070. The van der Waals surface area contributed by atoms with E-state index >= 15 is 0 Å². The number of carbonyl (C=O) groups excluding carboxylic acids is 1. The van der Waals surface area contributed by atoms with Gasteiger partial charge >= 0.3 is 0 Å². The van der Waals surface area contributed by atoms with Gasteiger partial charge in [-0.05, 0) is 55.2 Å². The molecule has 2 saturated heterocycles. The van der Waals surface area contributed by atoms with Crippen molar-refractivity contribution in [1.29, 1.82) is 0 Å². The van der Waals surface area contributed by atoms with E-state index in [0.29, 0.717) is 35.9 Å². The van der Waals surface area contributed by atoms with Crippen LogP contribution < -0.4 is 10.2 Å². The van der Waals surface area contributed by atoms with Crippen molar-refractivity contribution in [1.82, 2.24) is 9.88 Å². The lowest BCUT2D eigenvalue weighted by atomic mass is 9.69. The van der Waals surface area contributed by atoms with E-state index in [1.807, 2.05) is 12.1 Å². The first kappa shape index (κ1) is 23.8. The molecular weight excluding hydrogens is 452 g/mol. The van der Waals surface area contributed by atoms with Crippen LogP contribution >= 0.6 is 11.6 Å². The van der Waals surface area contributed by atoms with Gasteiger partial charge in [0.1, 0.15) is 5.82 Å². The molecule has 2 N–H and O–H groups in total. The molecule has 34 heavy (non-hydrogen) atoms. The summed E-state index contributed by atoms with van der Waals surface area (Å²) >= 11 is 6.67. The van der Waals surface area contributed by atoms with Gasteiger partial charge in [0.25, 0.3) is 0 Å². The van der Waals surface area contributed by atoms with E-state index in [0.717, 1.165) is 55.5 Å². The Labute approximate surface area is 206 Å². The molecule has 8 heteroatoms. The Hall–Kier alpha value is -1.93. The fraction of sp³-hybridized carbons (Fsp3) is 0.615. The van der Waals surface area contributed by atoms with E-state index in [-0.39, 0.29) is 17.4 Å². The van der Waals surface area contributed by atoms with Crippen molar-refractivity contribution in [3.63, 3.8) is 0 Å². The van der Waals surface area contributed by atoms with E-state index in [4.69, 9.17) is 16.3 Å². The second-order valence-electron chi connectivity index (χ2n) is 10.7. The van der Waals surface area contributed by atoms with Crippen LogP contribution in [-0.2, 0) is 9.53 Å². The van der Waals surface area contributed by atoms with Gasteiger partial charge in [-0.2, -0.15) is 0 Å². The molecular formula is C26H35ClN4O3. The molecule has 3 aliphatic rings. The summed E-state index contributed by atoms with van der Waals surface area (Å²) in [5.74, 6) is 2.03. The van der Waals surface area contributed by atoms with E-state index in [1.54, 1.807) is 6.20 Å². The number of fused-ring (bicyclic) bond motifs is 1. The lowest BCUT2D eigenvalue weighted by molar-refractivity contribution is -0.124. The summed E-state index contributed by atoms with van der Waals surface area (Å²) in [6, 6.07) is 5.99. The van der Waals surface area contributed by atoms with Crippen molar-refractivity contribution < 1.29 is 14.6 Å². The van der Waals surface area contributed by atoms with E-state index in [9.17, 15) is 9.90 Å². The Morgan fingerprint density at radius 1 is 1.21 bits per heavy atom. The number of carbonyl (C=O) groups is 1. The van der Waals surface area contributed by atoms with E-state index < -0.39 is 6.10 Å². The zero-order chi connectivity index (χ0) is 24.0. The Morgan fingerprint density at radius 3 is 2.59 bits per heavy atom. The summed E-state index contributed by atoms with van der Waals surface area (Å²) in [4.78, 5) is 21.7. The number of anilines is 2. The molecule has 3 fully saturated rings. The molecule has 0 spiro atoms. The van der Waals surface area contributed by atoms with Crippen LogP contribution in [0.25, 0.3) is 10.8 Å². The zero-order valence-electron chi connectivity index (χ0n) is 20.3. The molecule has 0 radical (unpaired) electrons. The maximum atomic E-state index is 12.6. The van der Waals surface area contributed by atoms with Gasteiger partial charge in [0.15, 0.2) is 0 Å². The van der Waals surface area contributed by atoms with Crippen LogP contribution in [-0.4, -0.2) is 71.9 Å². The predicted molar refractivity (Wildman–Crippen MR) is 135 cm³/mol. The standard InChI is InChI=1S/C26H35ClN4O3/c1-16(2)17-8-19(9-17)25(33)29-24-12-18-11-22(21(27)10-20(18)13-28-24)30-4-6-31(7-5-30)26(3)15-34-14-23(26)32/h10-13,16-17,19,23,32H,4-9,14-15H2,1-3H3,(H,28,29,33). The molecule has 1 amide bonds. The maximum Gasteiger partial charge on any atom is 0.228 e. The number of pyridine rings is 1. The molecule has 1 aliphatic carbocycles. The monoisotopic (exact) mass is 486 g/mol.